The molecule has 0 radical (unpaired) electrons. The molecule has 8 atom stereocenters. The Labute approximate surface area is 387 Å². The number of aliphatic carboxylic acids is 2. The Bertz CT molecular complexity index is 1950. The lowest BCUT2D eigenvalue weighted by Gasteiger charge is -2.32. The number of aliphatic hydroxyl groups excluding tert-OH is 1. The second-order valence-electron chi connectivity index (χ2n) is 17.2. The van der Waals surface area contributed by atoms with Gasteiger partial charge in [-0.2, -0.15) is 0 Å². The molecule has 0 saturated carbocycles. The average Bonchev–Trinajstić information content (AvgIpc) is 3.76. The first kappa shape index (κ1) is 56.4. The van der Waals surface area contributed by atoms with E-state index in [4.69, 9.17) is 11.5 Å². The van der Waals surface area contributed by atoms with E-state index >= 15 is 0 Å². The number of benzene rings is 1. The number of amides is 9. The molecule has 0 bridgehead atoms. The Morgan fingerprint density at radius 2 is 1.18 bits per heavy atom. The van der Waals surface area contributed by atoms with Gasteiger partial charge in [0.1, 0.15) is 48.3 Å². The molecule has 8 unspecified atom stereocenters. The minimum Gasteiger partial charge on any atom is -0.481 e. The molecule has 1 aliphatic heterocycles. The Hall–Kier alpha value is -6.69. The van der Waals surface area contributed by atoms with Gasteiger partial charge in [0.25, 0.3) is 0 Å². The zero-order valence-corrected chi connectivity index (χ0v) is 38.5. The van der Waals surface area contributed by atoms with Crippen LogP contribution in [0.5, 0.6) is 0 Å². The van der Waals surface area contributed by atoms with Gasteiger partial charge >= 0.3 is 11.9 Å². The van der Waals surface area contributed by atoms with Crippen molar-refractivity contribution in [1.29, 1.82) is 0 Å². The first-order valence-electron chi connectivity index (χ1n) is 21.9. The quantitative estimate of drug-likeness (QED) is 0.0405. The number of nitrogens with two attached hydrogens (primary N) is 2. The van der Waals surface area contributed by atoms with E-state index < -0.39 is 164 Å². The van der Waals surface area contributed by atoms with Crippen LogP contribution in [0.3, 0.4) is 0 Å². The van der Waals surface area contributed by atoms with Crippen LogP contribution in [0, 0.1) is 17.8 Å². The molecule has 1 aromatic carbocycles. The standard InChI is InChI=1S/C43H66N10O14/c1-21(2)33(50-31(56)19-44)41(64)48-27(18-32(57)58)38(61)46-25(14-15-30(45)55)36(59)51-34(22(3)4)42(65)53-16-10-13-29(53)40(63)47-26(17-24-11-8-7-9-12-24)37(60)49-28(20-54)39(62)52-35(23(5)6)43(66)67/h7-9,11-12,21-23,25-29,33-35,54H,10,13-20,44H2,1-6H3,(H2,45,55)(H,46,61)(H,47,63)(H,48,64)(H,49,60)(H,50,56)(H,51,59)(H,52,62)(H,57,58)(H,66,67). The fourth-order valence-corrected chi connectivity index (χ4v) is 7.05. The highest BCUT2D eigenvalue weighted by molar-refractivity contribution is 5.99. The summed E-state index contributed by atoms with van der Waals surface area (Å²) < 4.78 is 0. The van der Waals surface area contributed by atoms with Gasteiger partial charge in [0.2, 0.25) is 53.2 Å². The summed E-state index contributed by atoms with van der Waals surface area (Å²) in [5, 5.41) is 46.0. The van der Waals surface area contributed by atoms with Gasteiger partial charge in [-0.05, 0) is 42.6 Å². The van der Waals surface area contributed by atoms with Crippen molar-refractivity contribution in [2.24, 2.45) is 29.2 Å². The average molecular weight is 947 g/mol. The normalized spacial score (nSPS) is 16.6. The molecule has 0 spiro atoms. The molecule has 2 rings (SSSR count). The number of hydrogen-bond donors (Lipinski definition) is 12. The van der Waals surface area contributed by atoms with Crippen LogP contribution in [0.15, 0.2) is 30.3 Å². The highest BCUT2D eigenvalue weighted by Crippen LogP contribution is 2.21. The highest BCUT2D eigenvalue weighted by atomic mass is 16.4. The molecule has 24 heteroatoms. The van der Waals surface area contributed by atoms with Gasteiger partial charge in [0, 0.05) is 19.4 Å². The molecule has 0 aliphatic carbocycles. The van der Waals surface area contributed by atoms with E-state index in [0.717, 1.165) is 0 Å². The summed E-state index contributed by atoms with van der Waals surface area (Å²) in [6, 6.07) is -2.99. The molecule has 1 heterocycles. The summed E-state index contributed by atoms with van der Waals surface area (Å²) in [5.41, 5.74) is 11.3. The third kappa shape index (κ3) is 17.9. The van der Waals surface area contributed by atoms with Crippen molar-refractivity contribution in [3.63, 3.8) is 0 Å². The number of carbonyl (C=O) groups is 11. The van der Waals surface area contributed by atoms with E-state index in [1.807, 2.05) is 0 Å². The maximum absolute atomic E-state index is 14.3. The minimum atomic E-state index is -1.79. The van der Waals surface area contributed by atoms with Crippen molar-refractivity contribution in [3.8, 4) is 0 Å². The maximum Gasteiger partial charge on any atom is 0.326 e. The zero-order chi connectivity index (χ0) is 50.7. The van der Waals surface area contributed by atoms with Crippen molar-refractivity contribution < 1.29 is 68.1 Å². The minimum absolute atomic E-state index is 0.0421. The third-order valence-electron chi connectivity index (χ3n) is 10.8. The predicted molar refractivity (Wildman–Crippen MR) is 237 cm³/mol. The van der Waals surface area contributed by atoms with Gasteiger partial charge in [0.05, 0.1) is 19.6 Å². The van der Waals surface area contributed by atoms with Crippen LogP contribution >= 0.6 is 0 Å². The van der Waals surface area contributed by atoms with Gasteiger partial charge < -0.3 is 68.9 Å². The Kier molecular flexibility index (Phi) is 22.8. The fourth-order valence-electron chi connectivity index (χ4n) is 7.05. The fraction of sp³-hybridized carbons (Fsp3) is 0.605. The number of nitrogens with one attached hydrogen (secondary N) is 7. The lowest BCUT2D eigenvalue weighted by Crippen LogP contribution is -2.61. The molecule has 1 fully saturated rings. The number of carbonyl (C=O) groups excluding carboxylic acids is 9. The highest BCUT2D eigenvalue weighted by Gasteiger charge is 2.41. The summed E-state index contributed by atoms with van der Waals surface area (Å²) in [6.07, 6.45) is -1.48. The summed E-state index contributed by atoms with van der Waals surface area (Å²) in [4.78, 5) is 144. The topological polar surface area (TPSA) is 388 Å². The van der Waals surface area contributed by atoms with Crippen molar-refractivity contribution in [3.05, 3.63) is 35.9 Å². The van der Waals surface area contributed by atoms with E-state index in [1.165, 1.54) is 4.90 Å². The molecule has 24 nitrogen and oxygen atoms in total. The van der Waals surface area contributed by atoms with Crippen molar-refractivity contribution in [2.45, 2.75) is 128 Å². The molecule has 0 aromatic heterocycles. The number of carboxylic acid groups (broad SMARTS) is 2. The van der Waals surface area contributed by atoms with E-state index in [2.05, 4.69) is 37.2 Å². The second kappa shape index (κ2) is 27.1. The maximum atomic E-state index is 14.3. The molecule has 1 aliphatic rings. The lowest BCUT2D eigenvalue weighted by atomic mass is 10.00. The SMILES string of the molecule is CC(C)C(NC(=O)C(CO)NC(=O)C(Cc1ccccc1)NC(=O)C1CCCN1C(=O)C(NC(=O)C(CCC(N)=O)NC(=O)C(CC(=O)O)NC(=O)C(NC(=O)CN)C(C)C)C(C)C)C(=O)O. The third-order valence-corrected chi connectivity index (χ3v) is 10.8. The number of carboxylic acids is 2. The number of nitrogens with zero attached hydrogens (tertiary/aromatic N) is 1. The Morgan fingerprint density at radius 1 is 0.657 bits per heavy atom. The van der Waals surface area contributed by atoms with Crippen LogP contribution in [0.2, 0.25) is 0 Å². The number of rotatable bonds is 27. The molecule has 1 aromatic rings. The summed E-state index contributed by atoms with van der Waals surface area (Å²) in [6.45, 7) is 8.12. The van der Waals surface area contributed by atoms with Gasteiger partial charge in [-0.15, -0.1) is 0 Å². The van der Waals surface area contributed by atoms with E-state index in [0.29, 0.717) is 12.0 Å². The van der Waals surface area contributed by atoms with Gasteiger partial charge in [-0.3, -0.25) is 47.9 Å². The first-order valence-corrected chi connectivity index (χ1v) is 21.9. The molecule has 9 amide bonds. The summed E-state index contributed by atoms with van der Waals surface area (Å²) >= 11 is 0. The summed E-state index contributed by atoms with van der Waals surface area (Å²) in [7, 11) is 0. The number of likely N-dealkylation sites (tertiary alicyclic amines) is 1. The molecular formula is C43H66N10O14. The lowest BCUT2D eigenvalue weighted by molar-refractivity contribution is -0.144. The molecular weight excluding hydrogens is 881 g/mol. The van der Waals surface area contributed by atoms with Crippen molar-refractivity contribution >= 4 is 65.1 Å². The van der Waals surface area contributed by atoms with E-state index in [1.54, 1.807) is 71.9 Å². The smallest absolute Gasteiger partial charge is 0.326 e. The monoisotopic (exact) mass is 946 g/mol. The predicted octanol–water partition coefficient (Wildman–Crippen LogP) is -3.64. The molecule has 67 heavy (non-hydrogen) atoms. The van der Waals surface area contributed by atoms with Crippen LogP contribution in [0.25, 0.3) is 0 Å². The van der Waals surface area contributed by atoms with Gasteiger partial charge in [0.15, 0.2) is 0 Å². The first-order chi connectivity index (χ1) is 31.4. The Balaban J connectivity index is 2.37. The van der Waals surface area contributed by atoms with Crippen LogP contribution in [-0.2, 0) is 59.2 Å². The summed E-state index contributed by atoms with van der Waals surface area (Å²) in [5.74, 6) is -12.6. The second-order valence-corrected chi connectivity index (χ2v) is 17.2. The number of primary amides is 1. The number of aliphatic hydroxyl groups is 1. The molecule has 1 saturated heterocycles. The Morgan fingerprint density at radius 3 is 1.70 bits per heavy atom. The van der Waals surface area contributed by atoms with Crippen molar-refractivity contribution in [1.82, 2.24) is 42.1 Å². The van der Waals surface area contributed by atoms with E-state index in [-0.39, 0.29) is 19.4 Å². The molecule has 372 valence electrons. The zero-order valence-electron chi connectivity index (χ0n) is 38.5. The van der Waals surface area contributed by atoms with Crippen LogP contribution in [0.4, 0.5) is 0 Å². The van der Waals surface area contributed by atoms with Crippen LogP contribution < -0.4 is 48.7 Å². The van der Waals surface area contributed by atoms with Crippen LogP contribution in [-0.4, -0.2) is 153 Å². The number of hydrogen-bond acceptors (Lipinski definition) is 13. The van der Waals surface area contributed by atoms with Gasteiger partial charge in [-0.1, -0.05) is 71.9 Å². The van der Waals surface area contributed by atoms with Crippen molar-refractivity contribution in [2.75, 3.05) is 19.7 Å². The molecule has 14 N–H and O–H groups in total. The largest absolute Gasteiger partial charge is 0.481 e. The van der Waals surface area contributed by atoms with E-state index in [9.17, 15) is 68.1 Å². The van der Waals surface area contributed by atoms with Gasteiger partial charge in [-0.25, -0.2) is 4.79 Å². The van der Waals surface area contributed by atoms with Crippen LogP contribution in [0.1, 0.15) is 79.2 Å².